The van der Waals surface area contributed by atoms with Crippen LogP contribution in [0.1, 0.15) is 34.1 Å². The molecule has 0 bridgehead atoms. The predicted octanol–water partition coefficient (Wildman–Crippen LogP) is -0.0101. The van der Waals surface area contributed by atoms with E-state index in [1.165, 1.54) is 6.26 Å². The summed E-state index contributed by atoms with van der Waals surface area (Å²) in [6.07, 6.45) is -2.99. The number of fused-ring (bicyclic) bond motifs is 3. The number of hydrogen-bond acceptors (Lipinski definition) is 10. The van der Waals surface area contributed by atoms with Gasteiger partial charge >= 0.3 is 0 Å². The van der Waals surface area contributed by atoms with Gasteiger partial charge in [-0.15, -0.1) is 0 Å². The van der Waals surface area contributed by atoms with Crippen molar-refractivity contribution < 1.29 is 48.5 Å². The van der Waals surface area contributed by atoms with E-state index in [1.807, 2.05) is 13.8 Å². The maximum absolute atomic E-state index is 10.7. The standard InChI is InChI=1S/C21H32O10/c1-19(2)26-8-12-16(30-19)14(23)15(24)18(28-12)29-17-13-10(5-6-25-17)11(22)7-21(13)9-27-20(3,4)31-21/h5-6,10-18,22-24H,7-9H2,1-4H3/t10-,11+,12+,13+,14+,15+,16+,17-,18-,21+/m0/s1. The predicted molar refractivity (Wildman–Crippen MR) is 102 cm³/mol. The lowest BCUT2D eigenvalue weighted by Gasteiger charge is -2.49. The van der Waals surface area contributed by atoms with Crippen molar-refractivity contribution in [2.24, 2.45) is 11.8 Å². The molecule has 0 aromatic carbocycles. The largest absolute Gasteiger partial charge is 0.472 e. The highest BCUT2D eigenvalue weighted by Gasteiger charge is 2.64. The molecular formula is C21H32O10. The summed E-state index contributed by atoms with van der Waals surface area (Å²) in [5.41, 5.74) is -0.801. The van der Waals surface area contributed by atoms with E-state index < -0.39 is 66.2 Å². The van der Waals surface area contributed by atoms with E-state index in [-0.39, 0.29) is 19.1 Å². The number of hydrogen-bond donors (Lipinski definition) is 3. The zero-order chi connectivity index (χ0) is 22.2. The molecule has 31 heavy (non-hydrogen) atoms. The Morgan fingerprint density at radius 2 is 1.74 bits per heavy atom. The Morgan fingerprint density at radius 1 is 0.968 bits per heavy atom. The normalized spacial score (nSPS) is 52.5. The molecular weight excluding hydrogens is 412 g/mol. The Morgan fingerprint density at radius 3 is 2.45 bits per heavy atom. The average molecular weight is 444 g/mol. The smallest absolute Gasteiger partial charge is 0.208 e. The molecule has 10 atom stereocenters. The van der Waals surface area contributed by atoms with Crippen molar-refractivity contribution in [1.29, 1.82) is 0 Å². The van der Waals surface area contributed by atoms with Crippen molar-refractivity contribution in [3.8, 4) is 0 Å². The summed E-state index contributed by atoms with van der Waals surface area (Å²) in [6.45, 7) is 7.60. The zero-order valence-corrected chi connectivity index (χ0v) is 18.2. The highest BCUT2D eigenvalue weighted by Crippen LogP contribution is 2.53. The SMILES string of the molecule is CC1(C)OC[C@H]2O[C@@H](O[C@@H]3OC=C[C@@H]4[C@H]3[C@]3(COC(C)(C)O3)C[C@H]4O)[C@H](O)[C@@H](O)[C@@H]2O1. The van der Waals surface area contributed by atoms with Gasteiger partial charge in [0.05, 0.1) is 31.5 Å². The molecule has 1 spiro atoms. The van der Waals surface area contributed by atoms with Crippen LogP contribution in [-0.2, 0) is 33.2 Å². The molecule has 0 unspecified atom stereocenters. The lowest BCUT2D eigenvalue weighted by Crippen LogP contribution is -2.65. The summed E-state index contributed by atoms with van der Waals surface area (Å²) < 4.78 is 41.2. The van der Waals surface area contributed by atoms with Crippen molar-refractivity contribution in [3.63, 3.8) is 0 Å². The minimum absolute atomic E-state index is 0.187. The lowest BCUT2D eigenvalue weighted by atomic mass is 9.84. The van der Waals surface area contributed by atoms with Crippen LogP contribution in [0.4, 0.5) is 0 Å². The van der Waals surface area contributed by atoms with Crippen molar-refractivity contribution in [3.05, 3.63) is 12.3 Å². The van der Waals surface area contributed by atoms with Gasteiger partial charge in [0.1, 0.15) is 30.0 Å². The van der Waals surface area contributed by atoms with Crippen LogP contribution in [0.25, 0.3) is 0 Å². The summed E-state index contributed by atoms with van der Waals surface area (Å²) in [6, 6.07) is 0. The van der Waals surface area contributed by atoms with E-state index in [9.17, 15) is 15.3 Å². The Balaban J connectivity index is 1.35. The number of rotatable bonds is 2. The van der Waals surface area contributed by atoms with Gasteiger partial charge in [0, 0.05) is 12.3 Å². The van der Waals surface area contributed by atoms with Gasteiger partial charge in [-0.05, 0) is 33.8 Å². The quantitative estimate of drug-likeness (QED) is 0.535. The number of aliphatic hydroxyl groups is 3. The molecule has 4 fully saturated rings. The molecule has 0 amide bonds. The van der Waals surface area contributed by atoms with E-state index in [0.29, 0.717) is 6.42 Å². The molecule has 4 aliphatic heterocycles. The molecule has 3 N–H and O–H groups in total. The maximum atomic E-state index is 10.7. The molecule has 3 saturated heterocycles. The molecule has 0 radical (unpaired) electrons. The Bertz CT molecular complexity index is 723. The van der Waals surface area contributed by atoms with Crippen molar-refractivity contribution in [2.45, 2.75) is 94.4 Å². The maximum Gasteiger partial charge on any atom is 0.208 e. The molecule has 10 heteroatoms. The summed E-state index contributed by atoms with van der Waals surface area (Å²) in [7, 11) is 0. The van der Waals surface area contributed by atoms with E-state index in [4.69, 9.17) is 33.2 Å². The van der Waals surface area contributed by atoms with Crippen LogP contribution in [0.5, 0.6) is 0 Å². The third kappa shape index (κ3) is 3.71. The van der Waals surface area contributed by atoms with Crippen LogP contribution in [0.3, 0.4) is 0 Å². The molecule has 1 aliphatic carbocycles. The summed E-state index contributed by atoms with van der Waals surface area (Å²) in [5, 5.41) is 32.1. The lowest BCUT2D eigenvalue weighted by molar-refractivity contribution is -0.398. The summed E-state index contributed by atoms with van der Waals surface area (Å²) >= 11 is 0. The second-order valence-corrected chi connectivity index (χ2v) is 10.0. The van der Waals surface area contributed by atoms with Crippen LogP contribution < -0.4 is 0 Å². The average Bonchev–Trinajstić information content (AvgIpc) is 3.15. The first kappa shape index (κ1) is 22.0. The van der Waals surface area contributed by atoms with Gasteiger partial charge in [0.15, 0.2) is 17.9 Å². The van der Waals surface area contributed by atoms with E-state index in [0.717, 1.165) is 0 Å². The Kier molecular flexibility index (Phi) is 5.21. The first-order valence-corrected chi connectivity index (χ1v) is 10.8. The van der Waals surface area contributed by atoms with Gasteiger partial charge in [-0.25, -0.2) is 0 Å². The van der Waals surface area contributed by atoms with Crippen LogP contribution in [-0.4, -0.2) is 88.8 Å². The summed E-state index contributed by atoms with van der Waals surface area (Å²) in [4.78, 5) is 0. The van der Waals surface area contributed by atoms with E-state index in [1.54, 1.807) is 19.9 Å². The molecule has 5 rings (SSSR count). The third-order valence-electron chi connectivity index (χ3n) is 6.87. The van der Waals surface area contributed by atoms with Gasteiger partial charge < -0.3 is 48.5 Å². The highest BCUT2D eigenvalue weighted by atomic mass is 16.8. The fourth-order valence-corrected chi connectivity index (χ4v) is 5.49. The molecule has 5 aliphatic rings. The zero-order valence-electron chi connectivity index (χ0n) is 18.2. The fraction of sp³-hybridized carbons (Fsp3) is 0.905. The second-order valence-electron chi connectivity index (χ2n) is 10.0. The Labute approximate surface area is 180 Å². The molecule has 0 aromatic rings. The number of aliphatic hydroxyl groups excluding tert-OH is 3. The molecule has 0 aromatic heterocycles. The summed E-state index contributed by atoms with van der Waals surface area (Å²) in [5.74, 6) is -2.34. The molecule has 10 nitrogen and oxygen atoms in total. The van der Waals surface area contributed by atoms with E-state index >= 15 is 0 Å². The van der Waals surface area contributed by atoms with Crippen LogP contribution >= 0.6 is 0 Å². The van der Waals surface area contributed by atoms with Crippen LogP contribution in [0.15, 0.2) is 12.3 Å². The van der Waals surface area contributed by atoms with Crippen LogP contribution in [0.2, 0.25) is 0 Å². The van der Waals surface area contributed by atoms with Gasteiger partial charge in [-0.1, -0.05) is 0 Å². The third-order valence-corrected chi connectivity index (χ3v) is 6.87. The van der Waals surface area contributed by atoms with Gasteiger partial charge in [-0.2, -0.15) is 0 Å². The highest BCUT2D eigenvalue weighted by molar-refractivity contribution is 5.14. The van der Waals surface area contributed by atoms with Gasteiger partial charge in [-0.3, -0.25) is 0 Å². The van der Waals surface area contributed by atoms with Crippen molar-refractivity contribution in [1.82, 2.24) is 0 Å². The van der Waals surface area contributed by atoms with Gasteiger partial charge in [0.25, 0.3) is 0 Å². The minimum atomic E-state index is -1.36. The minimum Gasteiger partial charge on any atom is -0.472 e. The fourth-order valence-electron chi connectivity index (χ4n) is 5.49. The van der Waals surface area contributed by atoms with Crippen molar-refractivity contribution in [2.75, 3.05) is 13.2 Å². The molecule has 176 valence electrons. The Hall–Kier alpha value is -0.820. The van der Waals surface area contributed by atoms with E-state index in [2.05, 4.69) is 0 Å². The van der Waals surface area contributed by atoms with Crippen LogP contribution in [0, 0.1) is 11.8 Å². The number of ether oxygens (including phenoxy) is 7. The first-order chi connectivity index (χ1) is 14.5. The topological polar surface area (TPSA) is 125 Å². The first-order valence-electron chi connectivity index (χ1n) is 10.8. The second kappa shape index (κ2) is 7.34. The monoisotopic (exact) mass is 444 g/mol. The van der Waals surface area contributed by atoms with Crippen molar-refractivity contribution >= 4 is 0 Å². The van der Waals surface area contributed by atoms with Gasteiger partial charge in [0.2, 0.25) is 6.29 Å². The molecule has 4 heterocycles. The molecule has 1 saturated carbocycles.